The molecule has 0 saturated carbocycles. The second-order valence-electron chi connectivity index (χ2n) is 6.22. The number of hydrogen-bond donors (Lipinski definition) is 2. The van der Waals surface area contributed by atoms with E-state index in [-0.39, 0.29) is 11.9 Å². The van der Waals surface area contributed by atoms with Gasteiger partial charge in [0.25, 0.3) is 5.91 Å². The molecule has 128 valence electrons. The van der Waals surface area contributed by atoms with Crippen LogP contribution in [-0.2, 0) is 4.79 Å². The molecule has 0 radical (unpaired) electrons. The van der Waals surface area contributed by atoms with E-state index in [1.807, 2.05) is 36.5 Å². The molecule has 2 aromatic rings. The fourth-order valence-electron chi connectivity index (χ4n) is 2.66. The lowest BCUT2D eigenvalue weighted by Gasteiger charge is -2.19. The minimum Gasteiger partial charge on any atom is -0.332 e. The summed E-state index contributed by atoms with van der Waals surface area (Å²) >= 11 is 12.4. The van der Waals surface area contributed by atoms with Crippen molar-refractivity contribution in [1.29, 1.82) is 0 Å². The molecule has 0 aliphatic carbocycles. The quantitative estimate of drug-likeness (QED) is 0.791. The van der Waals surface area contributed by atoms with E-state index in [0.29, 0.717) is 28.2 Å². The van der Waals surface area contributed by atoms with Gasteiger partial charge in [-0.15, -0.1) is 0 Å². The molecule has 5 heteroatoms. The average Bonchev–Trinajstić information content (AvgIpc) is 2.56. The summed E-state index contributed by atoms with van der Waals surface area (Å²) in [4.78, 5) is 12.3. The highest BCUT2D eigenvalue weighted by molar-refractivity contribution is 6.40. The first-order valence-electron chi connectivity index (χ1n) is 8.03. The van der Waals surface area contributed by atoms with Crippen molar-refractivity contribution in [3.05, 3.63) is 63.6 Å². The Morgan fingerprint density at radius 2 is 1.79 bits per heavy atom. The van der Waals surface area contributed by atoms with Gasteiger partial charge in [-0.3, -0.25) is 4.79 Å². The number of benzene rings is 2. The molecule has 1 atom stereocenters. The summed E-state index contributed by atoms with van der Waals surface area (Å²) < 4.78 is 0. The number of anilines is 1. The van der Waals surface area contributed by atoms with Crippen LogP contribution in [0, 0.1) is 12.8 Å². The van der Waals surface area contributed by atoms with E-state index >= 15 is 0 Å². The zero-order valence-corrected chi connectivity index (χ0v) is 15.7. The molecule has 0 aromatic heterocycles. The Kier molecular flexibility index (Phi) is 6.67. The van der Waals surface area contributed by atoms with Crippen LogP contribution in [0.3, 0.4) is 0 Å². The van der Waals surface area contributed by atoms with Crippen LogP contribution < -0.4 is 10.6 Å². The van der Waals surface area contributed by atoms with Crippen LogP contribution in [0.1, 0.15) is 31.0 Å². The SMILES string of the molecule is Cc1ccc(Cl)c(NC(=O)C[NH2+][C@@H](c2ccccc2)C(C)C)c1Cl. The van der Waals surface area contributed by atoms with Crippen molar-refractivity contribution < 1.29 is 10.1 Å². The van der Waals surface area contributed by atoms with Crippen LogP contribution in [-0.4, -0.2) is 12.5 Å². The Labute approximate surface area is 153 Å². The van der Waals surface area contributed by atoms with Gasteiger partial charge in [0.2, 0.25) is 0 Å². The maximum atomic E-state index is 12.3. The molecule has 0 saturated heterocycles. The smallest absolute Gasteiger partial charge is 0.279 e. The van der Waals surface area contributed by atoms with Gasteiger partial charge in [0.15, 0.2) is 6.54 Å². The van der Waals surface area contributed by atoms with E-state index in [4.69, 9.17) is 23.2 Å². The Hall–Kier alpha value is -1.55. The van der Waals surface area contributed by atoms with E-state index in [9.17, 15) is 4.79 Å². The number of carbonyl (C=O) groups is 1. The second kappa shape index (κ2) is 8.52. The van der Waals surface area contributed by atoms with Gasteiger partial charge in [-0.2, -0.15) is 0 Å². The van der Waals surface area contributed by atoms with E-state index < -0.39 is 0 Å². The number of quaternary nitrogens is 1. The van der Waals surface area contributed by atoms with Gasteiger partial charge in [-0.05, 0) is 18.6 Å². The molecule has 2 rings (SSSR count). The van der Waals surface area contributed by atoms with Gasteiger partial charge in [0.1, 0.15) is 6.04 Å². The summed E-state index contributed by atoms with van der Waals surface area (Å²) in [6.07, 6.45) is 0. The van der Waals surface area contributed by atoms with Crippen molar-refractivity contribution in [3.8, 4) is 0 Å². The molecule has 1 amide bonds. The van der Waals surface area contributed by atoms with Crippen molar-refractivity contribution in [2.75, 3.05) is 11.9 Å². The predicted molar refractivity (Wildman–Crippen MR) is 101 cm³/mol. The van der Waals surface area contributed by atoms with E-state index in [1.165, 1.54) is 5.56 Å². The summed E-state index contributed by atoms with van der Waals surface area (Å²) in [5, 5.41) is 5.81. The fraction of sp³-hybridized carbons (Fsp3) is 0.316. The number of aryl methyl sites for hydroxylation is 1. The third-order valence-corrected chi connectivity index (χ3v) is 4.81. The number of rotatable bonds is 6. The Balaban J connectivity index is 2.04. The van der Waals surface area contributed by atoms with Crippen LogP contribution in [0.25, 0.3) is 0 Å². The number of hydrogen-bond acceptors (Lipinski definition) is 1. The standard InChI is InChI=1S/C19H22Cl2N2O/c1-12(2)18(14-7-5-4-6-8-14)22-11-16(24)23-19-15(20)10-9-13(3)17(19)21/h4-10,12,18,22H,11H2,1-3H3,(H,23,24)/p+1/t18-/m1/s1. The maximum Gasteiger partial charge on any atom is 0.279 e. The van der Waals surface area contributed by atoms with Crippen molar-refractivity contribution >= 4 is 34.8 Å². The van der Waals surface area contributed by atoms with Crippen LogP contribution in [0.15, 0.2) is 42.5 Å². The van der Waals surface area contributed by atoms with Crippen LogP contribution in [0.4, 0.5) is 5.69 Å². The maximum absolute atomic E-state index is 12.3. The highest BCUT2D eigenvalue weighted by Gasteiger charge is 2.21. The molecule has 0 heterocycles. The lowest BCUT2D eigenvalue weighted by atomic mass is 9.96. The summed E-state index contributed by atoms with van der Waals surface area (Å²) in [7, 11) is 0. The summed E-state index contributed by atoms with van der Waals surface area (Å²) in [5.74, 6) is 0.289. The third kappa shape index (κ3) is 4.73. The summed E-state index contributed by atoms with van der Waals surface area (Å²) in [5.41, 5.74) is 2.58. The van der Waals surface area contributed by atoms with Gasteiger partial charge in [-0.25, -0.2) is 0 Å². The number of nitrogens with two attached hydrogens (primary N) is 1. The van der Waals surface area contributed by atoms with Crippen LogP contribution >= 0.6 is 23.2 Å². The molecule has 0 aliphatic heterocycles. The number of carbonyl (C=O) groups excluding carboxylic acids is 1. The highest BCUT2D eigenvalue weighted by Crippen LogP contribution is 2.32. The molecule has 0 spiro atoms. The van der Waals surface area contributed by atoms with Crippen molar-refractivity contribution in [3.63, 3.8) is 0 Å². The zero-order chi connectivity index (χ0) is 17.7. The zero-order valence-electron chi connectivity index (χ0n) is 14.1. The topological polar surface area (TPSA) is 45.7 Å². The van der Waals surface area contributed by atoms with Crippen molar-refractivity contribution in [2.45, 2.75) is 26.8 Å². The molecule has 0 fully saturated rings. The van der Waals surface area contributed by atoms with Gasteiger partial charge >= 0.3 is 0 Å². The van der Waals surface area contributed by atoms with Crippen molar-refractivity contribution in [2.24, 2.45) is 5.92 Å². The molecular weight excluding hydrogens is 343 g/mol. The van der Waals surface area contributed by atoms with Gasteiger partial charge in [0.05, 0.1) is 15.7 Å². The molecule has 0 unspecified atom stereocenters. The number of amides is 1. The Morgan fingerprint density at radius 1 is 1.12 bits per heavy atom. The normalized spacial score (nSPS) is 12.2. The highest BCUT2D eigenvalue weighted by atomic mass is 35.5. The van der Waals surface area contributed by atoms with E-state index in [0.717, 1.165) is 5.56 Å². The molecule has 24 heavy (non-hydrogen) atoms. The monoisotopic (exact) mass is 365 g/mol. The average molecular weight is 366 g/mol. The largest absolute Gasteiger partial charge is 0.332 e. The lowest BCUT2D eigenvalue weighted by Crippen LogP contribution is -2.88. The minimum absolute atomic E-state index is 0.119. The first-order chi connectivity index (χ1) is 11.4. The van der Waals surface area contributed by atoms with Crippen LogP contribution in [0.5, 0.6) is 0 Å². The van der Waals surface area contributed by atoms with Gasteiger partial charge in [-0.1, -0.05) is 73.4 Å². The molecule has 2 aromatic carbocycles. The number of nitrogens with one attached hydrogen (secondary N) is 1. The fourth-order valence-corrected chi connectivity index (χ4v) is 3.13. The predicted octanol–water partition coefficient (Wildman–Crippen LogP) is 4.20. The van der Waals surface area contributed by atoms with E-state index in [1.54, 1.807) is 6.07 Å². The molecular formula is C19H23Cl2N2O+. The third-order valence-electron chi connectivity index (χ3n) is 4.01. The molecule has 0 bridgehead atoms. The van der Waals surface area contributed by atoms with Crippen LogP contribution in [0.2, 0.25) is 10.0 Å². The lowest BCUT2D eigenvalue weighted by molar-refractivity contribution is -0.692. The molecule has 0 aliphatic rings. The summed E-state index contributed by atoms with van der Waals surface area (Å²) in [6, 6.07) is 14.0. The Morgan fingerprint density at radius 3 is 2.42 bits per heavy atom. The second-order valence-corrected chi connectivity index (χ2v) is 7.01. The van der Waals surface area contributed by atoms with Crippen molar-refractivity contribution in [1.82, 2.24) is 0 Å². The molecule has 3 nitrogen and oxygen atoms in total. The minimum atomic E-state index is -0.119. The van der Waals surface area contributed by atoms with E-state index in [2.05, 4.69) is 31.3 Å². The first-order valence-corrected chi connectivity index (χ1v) is 8.78. The number of halogens is 2. The molecule has 3 N–H and O–H groups in total. The Bertz CT molecular complexity index is 702. The van der Waals surface area contributed by atoms with Gasteiger partial charge in [0, 0.05) is 11.5 Å². The first kappa shape index (κ1) is 18.8. The summed E-state index contributed by atoms with van der Waals surface area (Å²) in [6.45, 7) is 6.49. The van der Waals surface area contributed by atoms with Gasteiger partial charge < -0.3 is 10.6 Å².